The highest BCUT2D eigenvalue weighted by Gasteiger charge is 2.12. The van der Waals surface area contributed by atoms with Gasteiger partial charge in [-0.15, -0.1) is 11.3 Å². The molecule has 2 rings (SSSR count). The number of carbonyl (C=O) groups excluding carboxylic acids is 2. The predicted octanol–water partition coefficient (Wildman–Crippen LogP) is 1.15. The number of H-pyrrole nitrogens is 1. The summed E-state index contributed by atoms with van der Waals surface area (Å²) in [4.78, 5) is 41.5. The van der Waals surface area contributed by atoms with Crippen molar-refractivity contribution in [3.63, 3.8) is 0 Å². The summed E-state index contributed by atoms with van der Waals surface area (Å²) in [6.07, 6.45) is 2.31. The molecule has 22 heavy (non-hydrogen) atoms. The van der Waals surface area contributed by atoms with Gasteiger partial charge in [0.1, 0.15) is 5.56 Å². The molecule has 0 bridgehead atoms. The minimum atomic E-state index is -0.508. The van der Waals surface area contributed by atoms with Crippen LogP contribution < -0.4 is 16.2 Å². The number of nitrogens with one attached hydrogen (secondary N) is 3. The highest BCUT2D eigenvalue weighted by atomic mass is 32.1. The number of aryl methyl sites for hydroxylation is 1. The van der Waals surface area contributed by atoms with Crippen molar-refractivity contribution < 1.29 is 9.59 Å². The molecule has 0 aliphatic carbocycles. The summed E-state index contributed by atoms with van der Waals surface area (Å²) >= 11 is 1.26. The molecule has 2 amide bonds. The molecule has 0 fully saturated rings. The van der Waals surface area contributed by atoms with E-state index in [2.05, 4.69) is 20.6 Å². The van der Waals surface area contributed by atoms with Gasteiger partial charge in [-0.2, -0.15) is 0 Å². The molecule has 0 aliphatic heterocycles. The Morgan fingerprint density at radius 3 is 2.95 bits per heavy atom. The van der Waals surface area contributed by atoms with Gasteiger partial charge in [0.25, 0.3) is 11.5 Å². The standard InChI is InChI=1S/C14H16N4O3S/c1-2-15-11(19)6-5-9-8-22-14(17-9)18-13(21)10-4-3-7-16-12(10)20/h3-4,7-8H,2,5-6H2,1H3,(H,15,19)(H,16,20)(H,17,18,21). The fourth-order valence-electron chi connectivity index (χ4n) is 1.77. The van der Waals surface area contributed by atoms with Gasteiger partial charge in [0.2, 0.25) is 5.91 Å². The Labute approximate surface area is 130 Å². The van der Waals surface area contributed by atoms with Gasteiger partial charge in [0.15, 0.2) is 5.13 Å². The maximum absolute atomic E-state index is 12.0. The second kappa shape index (κ2) is 7.51. The minimum absolute atomic E-state index is 0.0292. The lowest BCUT2D eigenvalue weighted by molar-refractivity contribution is -0.120. The summed E-state index contributed by atoms with van der Waals surface area (Å²) < 4.78 is 0. The summed E-state index contributed by atoms with van der Waals surface area (Å²) in [6.45, 7) is 2.46. The molecule has 116 valence electrons. The van der Waals surface area contributed by atoms with Crippen molar-refractivity contribution in [3.8, 4) is 0 Å². The van der Waals surface area contributed by atoms with Crippen molar-refractivity contribution in [3.05, 3.63) is 45.3 Å². The van der Waals surface area contributed by atoms with Gasteiger partial charge in [0, 0.05) is 24.5 Å². The van der Waals surface area contributed by atoms with Crippen molar-refractivity contribution in [2.24, 2.45) is 0 Å². The van der Waals surface area contributed by atoms with Gasteiger partial charge >= 0.3 is 0 Å². The van der Waals surface area contributed by atoms with E-state index in [1.165, 1.54) is 23.6 Å². The molecule has 0 radical (unpaired) electrons. The lowest BCUT2D eigenvalue weighted by Gasteiger charge is -2.01. The Bertz CT molecular complexity index is 723. The third-order valence-corrected chi connectivity index (χ3v) is 3.62. The number of anilines is 1. The molecule has 0 spiro atoms. The van der Waals surface area contributed by atoms with E-state index in [-0.39, 0.29) is 11.5 Å². The number of aromatic amines is 1. The van der Waals surface area contributed by atoms with Crippen LogP contribution in [-0.2, 0) is 11.2 Å². The number of aromatic nitrogens is 2. The van der Waals surface area contributed by atoms with Gasteiger partial charge in [-0.25, -0.2) is 4.98 Å². The van der Waals surface area contributed by atoms with E-state index in [0.29, 0.717) is 24.5 Å². The third-order valence-electron chi connectivity index (χ3n) is 2.82. The second-order valence-corrected chi connectivity index (χ2v) is 5.32. The van der Waals surface area contributed by atoms with E-state index in [1.807, 2.05) is 6.92 Å². The maximum atomic E-state index is 12.0. The smallest absolute Gasteiger partial charge is 0.263 e. The summed E-state index contributed by atoms with van der Waals surface area (Å²) in [5, 5.41) is 7.48. The van der Waals surface area contributed by atoms with Crippen LogP contribution in [0.25, 0.3) is 0 Å². The Hall–Kier alpha value is -2.48. The van der Waals surface area contributed by atoms with Gasteiger partial charge in [-0.05, 0) is 25.5 Å². The molecule has 0 aromatic carbocycles. The monoisotopic (exact) mass is 320 g/mol. The maximum Gasteiger partial charge on any atom is 0.263 e. The highest BCUT2D eigenvalue weighted by Crippen LogP contribution is 2.17. The van der Waals surface area contributed by atoms with Gasteiger partial charge < -0.3 is 10.3 Å². The molecule has 3 N–H and O–H groups in total. The SMILES string of the molecule is CCNC(=O)CCc1csc(NC(=O)c2ccc[nH]c2=O)n1. The summed E-state index contributed by atoms with van der Waals surface area (Å²) in [7, 11) is 0. The average Bonchev–Trinajstić information content (AvgIpc) is 2.93. The first-order valence-corrected chi connectivity index (χ1v) is 7.68. The van der Waals surface area contributed by atoms with Crippen LogP contribution >= 0.6 is 11.3 Å². The predicted molar refractivity (Wildman–Crippen MR) is 84.1 cm³/mol. The minimum Gasteiger partial charge on any atom is -0.356 e. The molecule has 0 saturated carbocycles. The Balaban J connectivity index is 1.95. The average molecular weight is 320 g/mol. The van der Waals surface area contributed by atoms with E-state index in [9.17, 15) is 14.4 Å². The molecule has 0 atom stereocenters. The van der Waals surface area contributed by atoms with Gasteiger partial charge in [-0.1, -0.05) is 0 Å². The van der Waals surface area contributed by atoms with Crippen LogP contribution in [0.5, 0.6) is 0 Å². The van der Waals surface area contributed by atoms with Crippen LogP contribution in [0.15, 0.2) is 28.5 Å². The summed E-state index contributed by atoms with van der Waals surface area (Å²) in [6, 6.07) is 3.02. The van der Waals surface area contributed by atoms with E-state index >= 15 is 0 Å². The van der Waals surface area contributed by atoms with E-state index in [4.69, 9.17) is 0 Å². The number of hydrogen-bond donors (Lipinski definition) is 3. The van der Waals surface area contributed by atoms with Crippen LogP contribution in [0.1, 0.15) is 29.4 Å². The van der Waals surface area contributed by atoms with Crippen LogP contribution in [0.2, 0.25) is 0 Å². The molecule has 7 nitrogen and oxygen atoms in total. The Kier molecular flexibility index (Phi) is 5.42. The fourth-order valence-corrected chi connectivity index (χ4v) is 2.51. The van der Waals surface area contributed by atoms with Gasteiger partial charge in [0.05, 0.1) is 5.69 Å². The summed E-state index contributed by atoms with van der Waals surface area (Å²) in [5.41, 5.74) is 0.308. The molecule has 2 heterocycles. The number of pyridine rings is 1. The number of carbonyl (C=O) groups is 2. The number of thiazole rings is 1. The fraction of sp³-hybridized carbons (Fsp3) is 0.286. The first-order valence-electron chi connectivity index (χ1n) is 6.80. The molecular weight excluding hydrogens is 304 g/mol. The molecule has 2 aromatic rings. The molecule has 8 heteroatoms. The zero-order valence-corrected chi connectivity index (χ0v) is 12.8. The zero-order valence-electron chi connectivity index (χ0n) is 12.0. The van der Waals surface area contributed by atoms with E-state index < -0.39 is 11.5 Å². The Morgan fingerprint density at radius 1 is 1.41 bits per heavy atom. The largest absolute Gasteiger partial charge is 0.356 e. The molecular formula is C14H16N4O3S. The van der Waals surface area contributed by atoms with E-state index in [0.717, 1.165) is 5.69 Å². The van der Waals surface area contributed by atoms with Crippen molar-refractivity contribution in [1.82, 2.24) is 15.3 Å². The van der Waals surface area contributed by atoms with Crippen molar-refractivity contribution in [1.29, 1.82) is 0 Å². The first kappa shape index (κ1) is 15.9. The van der Waals surface area contributed by atoms with Crippen molar-refractivity contribution in [2.75, 3.05) is 11.9 Å². The van der Waals surface area contributed by atoms with Crippen molar-refractivity contribution >= 4 is 28.3 Å². The number of hydrogen-bond acceptors (Lipinski definition) is 5. The lowest BCUT2D eigenvalue weighted by Crippen LogP contribution is -2.23. The molecule has 0 unspecified atom stereocenters. The number of nitrogens with zero attached hydrogens (tertiary/aromatic N) is 1. The van der Waals surface area contributed by atoms with Crippen LogP contribution in [-0.4, -0.2) is 28.3 Å². The topological polar surface area (TPSA) is 104 Å². The summed E-state index contributed by atoms with van der Waals surface area (Å²) in [5.74, 6) is -0.539. The molecule has 2 aromatic heterocycles. The zero-order chi connectivity index (χ0) is 15.9. The molecule has 0 aliphatic rings. The van der Waals surface area contributed by atoms with Crippen LogP contribution in [0.4, 0.5) is 5.13 Å². The highest BCUT2D eigenvalue weighted by molar-refractivity contribution is 7.13. The van der Waals surface area contributed by atoms with E-state index in [1.54, 1.807) is 11.4 Å². The van der Waals surface area contributed by atoms with Crippen LogP contribution in [0.3, 0.4) is 0 Å². The normalized spacial score (nSPS) is 10.2. The van der Waals surface area contributed by atoms with Crippen LogP contribution in [0, 0.1) is 0 Å². The van der Waals surface area contributed by atoms with Gasteiger partial charge in [-0.3, -0.25) is 19.7 Å². The first-order chi connectivity index (χ1) is 10.6. The number of amides is 2. The molecule has 0 saturated heterocycles. The Morgan fingerprint density at radius 2 is 2.23 bits per heavy atom. The second-order valence-electron chi connectivity index (χ2n) is 4.46. The van der Waals surface area contributed by atoms with Crippen molar-refractivity contribution in [2.45, 2.75) is 19.8 Å². The quantitative estimate of drug-likeness (QED) is 0.742. The number of rotatable bonds is 6. The lowest BCUT2D eigenvalue weighted by atomic mass is 10.2. The third kappa shape index (κ3) is 4.26.